The van der Waals surface area contributed by atoms with Crippen LogP contribution in [0.1, 0.15) is 26.2 Å². The topological polar surface area (TPSA) is 95.6 Å². The van der Waals surface area contributed by atoms with Gasteiger partial charge in [0, 0.05) is 0 Å². The molecule has 0 aromatic carbocycles. The quantitative estimate of drug-likeness (QED) is 0.320. The third-order valence-corrected chi connectivity index (χ3v) is 1.69. The Bertz CT molecular complexity index is 150. The van der Waals surface area contributed by atoms with E-state index in [0.29, 0.717) is 13.0 Å². The molecule has 0 aromatic heterocycles. The molecule has 0 saturated carbocycles. The zero-order valence-electron chi connectivity index (χ0n) is 7.86. The summed E-state index contributed by atoms with van der Waals surface area (Å²) in [4.78, 5) is 10.6. The lowest BCUT2D eigenvalue weighted by atomic mass is 10.1. The highest BCUT2D eigenvalue weighted by molar-refractivity contribution is 5.73. The van der Waals surface area contributed by atoms with E-state index in [2.05, 4.69) is 5.32 Å². The van der Waals surface area contributed by atoms with E-state index in [4.69, 9.17) is 15.9 Å². The van der Waals surface area contributed by atoms with Crippen molar-refractivity contribution in [1.29, 1.82) is 0 Å². The lowest BCUT2D eigenvalue weighted by molar-refractivity contribution is -0.140. The van der Waals surface area contributed by atoms with Crippen LogP contribution < -0.4 is 11.1 Å². The molecule has 0 aliphatic rings. The van der Waals surface area contributed by atoms with Gasteiger partial charge in [0.15, 0.2) is 0 Å². The van der Waals surface area contributed by atoms with Gasteiger partial charge in [-0.05, 0) is 26.3 Å². The summed E-state index contributed by atoms with van der Waals surface area (Å²) in [6, 6.07) is -0.674. The first-order valence-corrected chi connectivity index (χ1v) is 4.45. The van der Waals surface area contributed by atoms with Gasteiger partial charge in [0.1, 0.15) is 12.3 Å². The molecule has 13 heavy (non-hydrogen) atoms. The Hall–Kier alpha value is -0.650. The molecule has 0 bridgehead atoms. The van der Waals surface area contributed by atoms with Crippen molar-refractivity contribution in [2.24, 2.45) is 5.73 Å². The molecule has 0 heterocycles. The van der Waals surface area contributed by atoms with Crippen molar-refractivity contribution in [2.75, 3.05) is 6.54 Å². The van der Waals surface area contributed by atoms with E-state index in [9.17, 15) is 4.79 Å². The maximum absolute atomic E-state index is 10.6. The van der Waals surface area contributed by atoms with Gasteiger partial charge in [0.05, 0.1) is 0 Å². The highest BCUT2D eigenvalue weighted by Gasteiger charge is 2.17. The van der Waals surface area contributed by atoms with Crippen LogP contribution in [0.15, 0.2) is 0 Å². The second-order valence-electron chi connectivity index (χ2n) is 3.02. The molecule has 0 rings (SSSR count). The van der Waals surface area contributed by atoms with Crippen LogP contribution in [0.25, 0.3) is 0 Å². The molecule has 0 amide bonds. The SMILES string of the molecule is CC(O)NC(CCCCN)C(=O)O. The fraction of sp³-hybridized carbons (Fsp3) is 0.875. The summed E-state index contributed by atoms with van der Waals surface area (Å²) in [5.74, 6) is -0.932. The number of hydrogen-bond donors (Lipinski definition) is 4. The fourth-order valence-electron chi connectivity index (χ4n) is 1.06. The molecule has 5 nitrogen and oxygen atoms in total. The minimum absolute atomic E-state index is 0.497. The average molecular weight is 190 g/mol. The first-order chi connectivity index (χ1) is 6.07. The molecule has 5 N–H and O–H groups in total. The fourth-order valence-corrected chi connectivity index (χ4v) is 1.06. The predicted octanol–water partition coefficient (Wildman–Crippen LogP) is -0.503. The Morgan fingerprint density at radius 1 is 1.54 bits per heavy atom. The van der Waals surface area contributed by atoms with Crippen LogP contribution in [0.3, 0.4) is 0 Å². The van der Waals surface area contributed by atoms with Crippen LogP contribution in [0, 0.1) is 0 Å². The Morgan fingerprint density at radius 3 is 2.54 bits per heavy atom. The number of carboxylic acid groups (broad SMARTS) is 1. The number of carboxylic acids is 1. The molecule has 0 aliphatic heterocycles. The third-order valence-electron chi connectivity index (χ3n) is 1.69. The number of rotatable bonds is 7. The molecule has 5 heteroatoms. The summed E-state index contributed by atoms with van der Waals surface area (Å²) in [5, 5.41) is 20.2. The highest BCUT2D eigenvalue weighted by atomic mass is 16.4. The lowest BCUT2D eigenvalue weighted by Crippen LogP contribution is -2.41. The maximum Gasteiger partial charge on any atom is 0.320 e. The predicted molar refractivity (Wildman–Crippen MR) is 49.1 cm³/mol. The lowest BCUT2D eigenvalue weighted by Gasteiger charge is -2.15. The molecule has 2 atom stereocenters. The van der Waals surface area contributed by atoms with Crippen LogP contribution in [-0.4, -0.2) is 35.0 Å². The number of carbonyl (C=O) groups is 1. The van der Waals surface area contributed by atoms with Crippen molar-refractivity contribution in [3.63, 3.8) is 0 Å². The minimum atomic E-state index is -0.932. The molecule has 0 aromatic rings. The van der Waals surface area contributed by atoms with Gasteiger partial charge < -0.3 is 15.9 Å². The van der Waals surface area contributed by atoms with Crippen molar-refractivity contribution in [3.8, 4) is 0 Å². The minimum Gasteiger partial charge on any atom is -0.480 e. The van der Waals surface area contributed by atoms with Crippen molar-refractivity contribution in [2.45, 2.75) is 38.5 Å². The molecule has 0 radical (unpaired) electrons. The normalized spacial score (nSPS) is 15.3. The number of nitrogens with two attached hydrogens (primary N) is 1. The standard InChI is InChI=1S/C8H18N2O3/c1-6(11)10-7(8(12)13)4-2-3-5-9/h6-7,10-11H,2-5,9H2,1H3,(H,12,13). The van der Waals surface area contributed by atoms with Crippen molar-refractivity contribution in [3.05, 3.63) is 0 Å². The third kappa shape index (κ3) is 6.51. The number of hydrogen-bond acceptors (Lipinski definition) is 4. The van der Waals surface area contributed by atoms with Gasteiger partial charge in [-0.15, -0.1) is 0 Å². The first kappa shape index (κ1) is 12.3. The van der Waals surface area contributed by atoms with Gasteiger partial charge in [0.2, 0.25) is 0 Å². The van der Waals surface area contributed by atoms with E-state index in [-0.39, 0.29) is 0 Å². The molecule has 0 saturated heterocycles. The molecular weight excluding hydrogens is 172 g/mol. The average Bonchev–Trinajstić information content (AvgIpc) is 2.02. The van der Waals surface area contributed by atoms with Gasteiger partial charge in [0.25, 0.3) is 0 Å². The highest BCUT2D eigenvalue weighted by Crippen LogP contribution is 2.01. The van der Waals surface area contributed by atoms with Gasteiger partial charge in [-0.25, -0.2) is 0 Å². The van der Waals surface area contributed by atoms with Crippen LogP contribution in [-0.2, 0) is 4.79 Å². The van der Waals surface area contributed by atoms with Gasteiger partial charge in [-0.1, -0.05) is 6.42 Å². The van der Waals surface area contributed by atoms with Crippen molar-refractivity contribution < 1.29 is 15.0 Å². The van der Waals surface area contributed by atoms with E-state index < -0.39 is 18.2 Å². The summed E-state index contributed by atoms with van der Waals surface area (Å²) < 4.78 is 0. The number of aliphatic hydroxyl groups is 1. The molecule has 0 aliphatic carbocycles. The number of aliphatic carboxylic acids is 1. The maximum atomic E-state index is 10.6. The molecule has 0 fully saturated rings. The molecule has 78 valence electrons. The number of aliphatic hydroxyl groups excluding tert-OH is 1. The van der Waals surface area contributed by atoms with E-state index in [1.165, 1.54) is 6.92 Å². The largest absolute Gasteiger partial charge is 0.480 e. The van der Waals surface area contributed by atoms with Gasteiger partial charge in [-0.3, -0.25) is 10.1 Å². The van der Waals surface area contributed by atoms with E-state index in [1.54, 1.807) is 0 Å². The zero-order chi connectivity index (χ0) is 10.3. The summed E-state index contributed by atoms with van der Waals surface area (Å²) >= 11 is 0. The van der Waals surface area contributed by atoms with Crippen molar-refractivity contribution in [1.82, 2.24) is 5.32 Å². The Labute approximate surface area is 77.9 Å². The monoisotopic (exact) mass is 190 g/mol. The van der Waals surface area contributed by atoms with Crippen LogP contribution in [0.5, 0.6) is 0 Å². The van der Waals surface area contributed by atoms with E-state index >= 15 is 0 Å². The summed E-state index contributed by atoms with van der Waals surface area (Å²) in [5.41, 5.74) is 5.27. The summed E-state index contributed by atoms with van der Waals surface area (Å²) in [6.07, 6.45) is 1.27. The van der Waals surface area contributed by atoms with Crippen LogP contribution in [0.2, 0.25) is 0 Å². The van der Waals surface area contributed by atoms with E-state index in [0.717, 1.165) is 12.8 Å². The number of nitrogens with one attached hydrogen (secondary N) is 1. The Balaban J connectivity index is 3.74. The number of unbranched alkanes of at least 4 members (excludes halogenated alkanes) is 1. The second-order valence-corrected chi connectivity index (χ2v) is 3.02. The summed E-state index contributed by atoms with van der Waals surface area (Å²) in [6.45, 7) is 2.07. The molecular formula is C8H18N2O3. The van der Waals surface area contributed by atoms with E-state index in [1.807, 2.05) is 0 Å². The molecule has 2 unspecified atom stereocenters. The van der Waals surface area contributed by atoms with Crippen LogP contribution in [0.4, 0.5) is 0 Å². The first-order valence-electron chi connectivity index (χ1n) is 4.45. The van der Waals surface area contributed by atoms with Crippen LogP contribution >= 0.6 is 0 Å². The Kier molecular flexibility index (Phi) is 6.48. The van der Waals surface area contributed by atoms with Gasteiger partial charge >= 0.3 is 5.97 Å². The zero-order valence-corrected chi connectivity index (χ0v) is 7.86. The van der Waals surface area contributed by atoms with Crippen molar-refractivity contribution >= 4 is 5.97 Å². The Morgan fingerprint density at radius 2 is 2.15 bits per heavy atom. The summed E-state index contributed by atoms with van der Waals surface area (Å²) in [7, 11) is 0. The smallest absolute Gasteiger partial charge is 0.320 e. The molecule has 0 spiro atoms. The second kappa shape index (κ2) is 6.82. The van der Waals surface area contributed by atoms with Gasteiger partial charge in [-0.2, -0.15) is 0 Å².